The monoisotopic (exact) mass is 1490 g/mol. The fourth-order valence-electron chi connectivity index (χ4n) is 16.0. The summed E-state index contributed by atoms with van der Waals surface area (Å²) in [5.74, 6) is 24.6. The van der Waals surface area contributed by atoms with Crippen LogP contribution in [-0.4, -0.2) is 76.7 Å². The average Bonchev–Trinajstić information content (AvgIpc) is 0.670. The number of esters is 4. The first-order chi connectivity index (χ1) is 55.6. The van der Waals surface area contributed by atoms with E-state index in [1.165, 1.54) is 0 Å². The van der Waals surface area contributed by atoms with Crippen molar-refractivity contribution < 1.29 is 57.1 Å². The number of nitrogens with zero attached hydrogens (tertiary/aromatic N) is 4. The molecule has 4 bridgehead atoms. The molecule has 0 spiro atoms. The number of fused-ring (bicyclic) bond motifs is 4. The highest BCUT2D eigenvalue weighted by atomic mass is 16.6. The van der Waals surface area contributed by atoms with E-state index in [1.54, 1.807) is 72.8 Å². The largest absolute Gasteiger partial charge is 0.490 e. The van der Waals surface area contributed by atoms with Crippen molar-refractivity contribution in [3.8, 4) is 94.6 Å². The summed E-state index contributed by atoms with van der Waals surface area (Å²) in [6.07, 6.45) is -0.650. The minimum atomic E-state index is -1.61. The molecule has 552 valence electrons. The summed E-state index contributed by atoms with van der Waals surface area (Å²) in [5, 5.41) is 45.0. The first-order valence-corrected chi connectivity index (χ1v) is 37.1. The number of carbonyl (C=O) groups is 4. The summed E-state index contributed by atoms with van der Waals surface area (Å²) < 4.78 is 49.0. The molecule has 0 unspecified atom stereocenters. The minimum Gasteiger partial charge on any atom is -0.490 e. The van der Waals surface area contributed by atoms with Crippen molar-refractivity contribution in [2.45, 2.75) is 38.5 Å². The average molecular weight is 1490 g/mol. The molecule has 16 heteroatoms. The summed E-state index contributed by atoms with van der Waals surface area (Å²) in [5.41, 5.74) is 2.03. The Balaban J connectivity index is 0.645. The first kappa shape index (κ1) is 74.4. The van der Waals surface area contributed by atoms with Crippen molar-refractivity contribution in [3.05, 3.63) is 309 Å². The summed E-state index contributed by atoms with van der Waals surface area (Å²) in [4.78, 5) is 61.3. The zero-order valence-corrected chi connectivity index (χ0v) is 61.7. The number of carbonyl (C=O) groups excluding carboxylic acids is 4. The van der Waals surface area contributed by atoms with Gasteiger partial charge in [-0.3, -0.25) is 19.2 Å². The van der Waals surface area contributed by atoms with Gasteiger partial charge < -0.3 is 37.9 Å². The highest BCUT2D eigenvalue weighted by molar-refractivity contribution is 5.93. The smallest absolute Gasteiger partial charge is 0.312 e. The van der Waals surface area contributed by atoms with Crippen LogP contribution in [0.2, 0.25) is 0 Å². The molecule has 0 amide bonds. The third-order valence-corrected chi connectivity index (χ3v) is 20.8. The number of ether oxygens (including phenoxy) is 8. The van der Waals surface area contributed by atoms with Gasteiger partial charge in [-0.2, -0.15) is 21.0 Å². The topological polar surface area (TPSA) is 237 Å². The SMILES string of the molecule is N#Cc1ccc2cc(C#Cc3ccc(OCCOC(=O)C45CC6(C(=O)OCCOc7ccc(C#Cc8ccc9cc(C#N)ccc9c8)cc7)CC(C(=O)OCCOc7ccc(C#Cc8ccc9cc(C#N)ccc9c8)cc7)(C4)CC(C(=O)OCCOc4ccc(C#Cc7ccc8cc(C#N)ccc8c7)cc4)(C5)C6)cc3)ccc2c1. The van der Waals surface area contributed by atoms with Crippen LogP contribution in [-0.2, 0) is 38.1 Å². The maximum absolute atomic E-state index is 15.3. The van der Waals surface area contributed by atoms with E-state index in [2.05, 4.69) is 71.6 Å². The number of nitriles is 4. The Labute approximate surface area is 658 Å². The van der Waals surface area contributed by atoms with Crippen LogP contribution < -0.4 is 18.9 Å². The van der Waals surface area contributed by atoms with Gasteiger partial charge in [-0.15, -0.1) is 0 Å². The Hall–Kier alpha value is -15.0. The van der Waals surface area contributed by atoms with Crippen LogP contribution in [0.25, 0.3) is 43.1 Å². The van der Waals surface area contributed by atoms with Crippen LogP contribution in [0.3, 0.4) is 0 Å². The number of hydrogen-bond acceptors (Lipinski definition) is 16. The Morgan fingerprint density at radius 1 is 0.219 bits per heavy atom. The summed E-state index contributed by atoms with van der Waals surface area (Å²) in [6.45, 7) is -1.19. The van der Waals surface area contributed by atoms with Crippen LogP contribution in [0.5, 0.6) is 23.0 Å². The first-order valence-electron chi connectivity index (χ1n) is 37.1. The fourth-order valence-corrected chi connectivity index (χ4v) is 16.0. The van der Waals surface area contributed by atoms with E-state index in [0.717, 1.165) is 87.6 Å². The lowest BCUT2D eigenvalue weighted by molar-refractivity contribution is -0.237. The summed E-state index contributed by atoms with van der Waals surface area (Å²) in [7, 11) is 0. The standard InChI is InChI=1S/C98H68N4O12/c99-57-75-13-29-79-49-71(9-25-83(79)53-75)5-1-67-17-33-87(34-18-67)107-41-45-111-91(103)95-61-96(92(104)112-46-42-108-88-35-19-68(20-36-88)2-6-72-10-26-84-54-76(58-100)14-30-80(84)50-72)64-97(62-95,93(105)113-47-43-109-89-37-21-69(22-38-89)3-7-73-11-27-85-55-77(59-101)15-31-81(85)51-73)66-98(63-95,65-96)94(106)114-48-44-110-90-39-23-70(24-40-90)4-8-74-12-28-86-56-78(60-102)16-32-82(86)52-74/h9-40,49-56H,41-48,61-66H2. The van der Waals surface area contributed by atoms with Crippen molar-refractivity contribution >= 4 is 67.0 Å². The van der Waals surface area contributed by atoms with Crippen molar-refractivity contribution in [1.82, 2.24) is 0 Å². The molecule has 0 aromatic heterocycles. The highest BCUT2D eigenvalue weighted by Crippen LogP contribution is 2.75. The molecule has 0 saturated heterocycles. The highest BCUT2D eigenvalue weighted by Gasteiger charge is 2.77. The molecular formula is C98H68N4O12. The van der Waals surface area contributed by atoms with Gasteiger partial charge in [0.25, 0.3) is 0 Å². The quantitative estimate of drug-likeness (QED) is 0.0298. The molecule has 0 radical (unpaired) electrons. The lowest BCUT2D eigenvalue weighted by Crippen LogP contribution is -2.69. The summed E-state index contributed by atoms with van der Waals surface area (Å²) in [6, 6.07) is 82.5. The van der Waals surface area contributed by atoms with Gasteiger partial charge in [-0.25, -0.2) is 0 Å². The normalized spacial score (nSPS) is 17.2. The molecule has 12 aromatic rings. The van der Waals surface area contributed by atoms with Crippen LogP contribution >= 0.6 is 0 Å². The fraction of sp³-hybridized carbons (Fsp3) is 0.184. The minimum absolute atomic E-state index is 0.0693. The summed E-state index contributed by atoms with van der Waals surface area (Å²) >= 11 is 0. The van der Waals surface area contributed by atoms with Crippen molar-refractivity contribution in [1.29, 1.82) is 21.0 Å². The second kappa shape index (κ2) is 33.0. The van der Waals surface area contributed by atoms with E-state index in [9.17, 15) is 21.0 Å². The lowest BCUT2D eigenvalue weighted by Gasteiger charge is -2.66. The maximum Gasteiger partial charge on any atom is 0.312 e. The van der Waals surface area contributed by atoms with Gasteiger partial charge in [0.1, 0.15) is 75.9 Å². The zero-order chi connectivity index (χ0) is 78.5. The molecule has 4 aliphatic carbocycles. The molecule has 12 aromatic carbocycles. The van der Waals surface area contributed by atoms with Crippen LogP contribution in [0.15, 0.2) is 243 Å². The molecule has 114 heavy (non-hydrogen) atoms. The molecule has 0 heterocycles. The van der Waals surface area contributed by atoms with E-state index in [1.807, 2.05) is 170 Å². The third kappa shape index (κ3) is 17.0. The predicted molar refractivity (Wildman–Crippen MR) is 428 cm³/mol. The third-order valence-electron chi connectivity index (χ3n) is 20.8. The molecule has 4 saturated carbocycles. The van der Waals surface area contributed by atoms with Gasteiger partial charge in [0.15, 0.2) is 0 Å². The lowest BCUT2D eigenvalue weighted by atomic mass is 9.35. The Bertz CT molecular complexity index is 5470. The molecular weight excluding hydrogens is 1430 g/mol. The maximum atomic E-state index is 15.3. The molecule has 16 rings (SSSR count). The van der Waals surface area contributed by atoms with Gasteiger partial charge in [-0.05, 0) is 276 Å². The number of rotatable bonds is 20. The number of hydrogen-bond donors (Lipinski definition) is 0. The van der Waals surface area contributed by atoms with Gasteiger partial charge in [0.2, 0.25) is 0 Å². The van der Waals surface area contributed by atoms with E-state index < -0.39 is 45.5 Å². The van der Waals surface area contributed by atoms with E-state index in [4.69, 9.17) is 37.9 Å². The van der Waals surface area contributed by atoms with E-state index >= 15 is 19.2 Å². The second-order valence-electron chi connectivity index (χ2n) is 28.8. The molecule has 4 aliphatic rings. The van der Waals surface area contributed by atoms with Crippen LogP contribution in [0.1, 0.15) is 105 Å². The van der Waals surface area contributed by atoms with Gasteiger partial charge in [0.05, 0.1) is 68.2 Å². The Kier molecular flexibility index (Phi) is 21.6. The van der Waals surface area contributed by atoms with Gasteiger partial charge in [0, 0.05) is 44.5 Å². The molecule has 16 nitrogen and oxygen atoms in total. The number of benzene rings is 12. The second-order valence-corrected chi connectivity index (χ2v) is 28.8. The van der Waals surface area contributed by atoms with E-state index in [-0.39, 0.29) is 91.4 Å². The zero-order valence-electron chi connectivity index (χ0n) is 61.7. The molecule has 4 fully saturated rings. The Morgan fingerprint density at radius 2 is 0.377 bits per heavy atom. The Morgan fingerprint density at radius 3 is 0.561 bits per heavy atom. The van der Waals surface area contributed by atoms with Crippen molar-refractivity contribution in [2.24, 2.45) is 21.7 Å². The van der Waals surface area contributed by atoms with Crippen molar-refractivity contribution in [2.75, 3.05) is 52.9 Å². The van der Waals surface area contributed by atoms with Crippen LogP contribution in [0, 0.1) is 114 Å². The predicted octanol–water partition coefficient (Wildman–Crippen LogP) is 16.5. The van der Waals surface area contributed by atoms with Gasteiger partial charge >= 0.3 is 23.9 Å². The molecule has 0 aliphatic heterocycles. The van der Waals surface area contributed by atoms with Gasteiger partial charge in [-0.1, -0.05) is 95.9 Å². The van der Waals surface area contributed by atoms with Crippen LogP contribution in [0.4, 0.5) is 0 Å². The van der Waals surface area contributed by atoms with Crippen molar-refractivity contribution in [3.63, 3.8) is 0 Å². The molecule has 0 N–H and O–H groups in total. The molecule has 0 atom stereocenters. The van der Waals surface area contributed by atoms with E-state index in [0.29, 0.717) is 45.3 Å².